The quantitative estimate of drug-likeness (QED) is 0.164. The van der Waals surface area contributed by atoms with E-state index in [0.717, 1.165) is 23.8 Å². The number of hydrogen-bond acceptors (Lipinski definition) is 6. The molecule has 0 amide bonds. The molecular formula is C41H35F9O6. The number of hydrogen-bond donors (Lipinski definition) is 1. The summed E-state index contributed by atoms with van der Waals surface area (Å²) in [7, 11) is 1.34. The molecular weight excluding hydrogens is 759 g/mol. The lowest BCUT2D eigenvalue weighted by Crippen LogP contribution is -2.13. The number of alkyl halides is 9. The van der Waals surface area contributed by atoms with E-state index in [4.69, 9.17) is 14.2 Å². The normalized spacial score (nSPS) is 19.3. The molecule has 3 atom stereocenters. The number of rotatable bonds is 4. The largest absolute Gasteiger partial charge is 0.492 e. The number of esters is 1. The summed E-state index contributed by atoms with van der Waals surface area (Å²) in [5.74, 6) is 0.235. The van der Waals surface area contributed by atoms with E-state index in [1.165, 1.54) is 25.3 Å². The lowest BCUT2D eigenvalue weighted by molar-refractivity contribution is -0.141. The summed E-state index contributed by atoms with van der Waals surface area (Å²) in [6.45, 7) is 0.359. The molecule has 0 unspecified atom stereocenters. The fourth-order valence-corrected chi connectivity index (χ4v) is 7.61. The van der Waals surface area contributed by atoms with Crippen molar-refractivity contribution in [3.05, 3.63) is 128 Å². The third-order valence-electron chi connectivity index (χ3n) is 10.2. The maximum atomic E-state index is 13.4. The number of Topliss-reactive ketones (excluding diaryl/α,β-unsaturated/α-hetero) is 1. The van der Waals surface area contributed by atoms with Gasteiger partial charge in [0.05, 0.1) is 42.9 Å². The molecule has 4 aromatic rings. The highest BCUT2D eigenvalue weighted by Gasteiger charge is 2.41. The van der Waals surface area contributed by atoms with Gasteiger partial charge in [0.2, 0.25) is 0 Å². The van der Waals surface area contributed by atoms with E-state index < -0.39 is 53.2 Å². The van der Waals surface area contributed by atoms with Crippen molar-refractivity contribution < 1.29 is 68.4 Å². The molecule has 0 aromatic heterocycles. The molecule has 6 nitrogen and oxygen atoms in total. The predicted molar refractivity (Wildman–Crippen MR) is 183 cm³/mol. The van der Waals surface area contributed by atoms with Crippen molar-refractivity contribution in [1.29, 1.82) is 0 Å². The first-order valence-corrected chi connectivity index (χ1v) is 17.6. The van der Waals surface area contributed by atoms with E-state index in [9.17, 15) is 54.2 Å². The van der Waals surface area contributed by atoms with Crippen LogP contribution in [0.5, 0.6) is 11.5 Å². The predicted octanol–water partition coefficient (Wildman–Crippen LogP) is 10.3. The van der Waals surface area contributed by atoms with Gasteiger partial charge in [-0.05, 0) is 78.6 Å². The smallest absolute Gasteiger partial charge is 0.417 e. The van der Waals surface area contributed by atoms with E-state index in [1.54, 1.807) is 36.4 Å². The van der Waals surface area contributed by atoms with E-state index in [-0.39, 0.29) is 41.4 Å². The molecule has 3 aliphatic carbocycles. The van der Waals surface area contributed by atoms with Crippen LogP contribution in [-0.4, -0.2) is 30.6 Å². The Morgan fingerprint density at radius 3 is 1.93 bits per heavy atom. The van der Waals surface area contributed by atoms with Gasteiger partial charge in [0.15, 0.2) is 5.78 Å². The van der Waals surface area contributed by atoms with Crippen molar-refractivity contribution in [2.75, 3.05) is 13.7 Å². The average Bonchev–Trinajstić information content (AvgIpc) is 3.93. The molecule has 0 spiro atoms. The minimum absolute atomic E-state index is 0.0694. The molecule has 298 valence electrons. The highest BCUT2D eigenvalue weighted by atomic mass is 19.4. The molecule has 0 saturated heterocycles. The van der Waals surface area contributed by atoms with Crippen LogP contribution in [0.15, 0.2) is 72.8 Å². The van der Waals surface area contributed by atoms with Crippen molar-refractivity contribution in [3.8, 4) is 11.5 Å². The van der Waals surface area contributed by atoms with Crippen LogP contribution in [0.3, 0.4) is 0 Å². The number of methoxy groups -OCH3 is 1. The van der Waals surface area contributed by atoms with Crippen molar-refractivity contribution in [3.63, 3.8) is 0 Å². The Hall–Kier alpha value is -5.05. The molecule has 56 heavy (non-hydrogen) atoms. The summed E-state index contributed by atoms with van der Waals surface area (Å²) in [6.07, 6.45) is -12.0. The van der Waals surface area contributed by atoms with Crippen LogP contribution >= 0.6 is 0 Å². The van der Waals surface area contributed by atoms with Crippen molar-refractivity contribution >= 4 is 11.8 Å². The Morgan fingerprint density at radius 1 is 0.732 bits per heavy atom. The van der Waals surface area contributed by atoms with E-state index >= 15 is 0 Å². The Labute approximate surface area is 315 Å². The highest BCUT2D eigenvalue weighted by Crippen LogP contribution is 2.45. The summed E-state index contributed by atoms with van der Waals surface area (Å²) in [5, 5.41) is 9.43. The number of ketones is 1. The first kappa shape index (κ1) is 40.6. The monoisotopic (exact) mass is 794 g/mol. The fourth-order valence-electron chi connectivity index (χ4n) is 7.61. The summed E-state index contributed by atoms with van der Waals surface area (Å²) >= 11 is 0. The van der Waals surface area contributed by atoms with Crippen molar-refractivity contribution in [2.24, 2.45) is 0 Å². The molecule has 0 fully saturated rings. The van der Waals surface area contributed by atoms with Crippen LogP contribution in [0.2, 0.25) is 0 Å². The molecule has 0 radical (unpaired) electrons. The van der Waals surface area contributed by atoms with Gasteiger partial charge in [0.1, 0.15) is 17.6 Å². The number of aliphatic hydroxyl groups excluding tert-OH is 1. The van der Waals surface area contributed by atoms with Crippen molar-refractivity contribution in [2.45, 2.75) is 81.6 Å². The van der Waals surface area contributed by atoms with Crippen LogP contribution in [0.4, 0.5) is 39.5 Å². The number of carbonyl (C=O) groups excluding carboxylic acids is 2. The zero-order valence-corrected chi connectivity index (χ0v) is 29.7. The van der Waals surface area contributed by atoms with Crippen LogP contribution in [-0.2, 0) is 47.3 Å². The van der Waals surface area contributed by atoms with Crippen LogP contribution in [0.1, 0.15) is 104 Å². The average molecular weight is 795 g/mol. The molecule has 15 heteroatoms. The second-order valence-corrected chi connectivity index (χ2v) is 13.7. The first-order valence-electron chi connectivity index (χ1n) is 17.6. The summed E-state index contributed by atoms with van der Waals surface area (Å²) < 4.78 is 131. The number of ether oxygens (including phenoxy) is 3. The van der Waals surface area contributed by atoms with E-state index in [1.807, 2.05) is 0 Å². The van der Waals surface area contributed by atoms with Gasteiger partial charge in [0.25, 0.3) is 0 Å². The number of aryl methyl sites for hydroxylation is 3. The molecule has 1 N–H and O–H groups in total. The minimum Gasteiger partial charge on any atom is -0.492 e. The summed E-state index contributed by atoms with van der Waals surface area (Å²) in [4.78, 5) is 22.7. The van der Waals surface area contributed by atoms with Gasteiger partial charge in [-0.25, -0.2) is 0 Å². The zero-order valence-electron chi connectivity index (χ0n) is 29.7. The molecule has 1 aliphatic heterocycles. The number of aliphatic hydroxyl groups is 1. The number of benzene rings is 4. The lowest BCUT2D eigenvalue weighted by Gasteiger charge is -2.20. The van der Waals surface area contributed by atoms with Crippen LogP contribution in [0.25, 0.3) is 0 Å². The Bertz CT molecular complexity index is 2100. The SMILES string of the molecule is COC(=O)C[C@@H]1COc2cc(O[C@@H]3CCc4cccc(C(F)(F)F)c43)ccc21.O=C1CCc2cccc(C(F)(F)F)c21.O[C@H]1CCc2cccc(C(F)(F)F)c21. The number of fused-ring (bicyclic) bond motifs is 4. The molecule has 0 bridgehead atoms. The number of halogens is 9. The topological polar surface area (TPSA) is 82.1 Å². The molecule has 0 saturated carbocycles. The fraction of sp³-hybridized carbons (Fsp3) is 0.366. The summed E-state index contributed by atoms with van der Waals surface area (Å²) in [5.41, 5.74) is 0.730. The third-order valence-corrected chi connectivity index (χ3v) is 10.2. The van der Waals surface area contributed by atoms with Gasteiger partial charge in [-0.15, -0.1) is 0 Å². The zero-order chi connectivity index (χ0) is 40.6. The standard InChI is InChI=1S/C21H19F3O4.C10H9F3O.C10H7F3O/c1-26-19(25)9-13-11-27-18-10-14(6-7-15(13)18)28-17-8-5-12-3-2-4-16(20(12)17)21(22,23)24;2*11-10(12,13)7-3-1-2-6-4-5-8(14)9(6)7/h2-4,6-7,10,13,17H,5,8-9,11H2,1H3;1-3,8,14H,4-5H2;1-3H,4-5H2/t13-,17-;8-;/m10./s1. The summed E-state index contributed by atoms with van der Waals surface area (Å²) in [6, 6.07) is 17.4. The Morgan fingerprint density at radius 2 is 1.30 bits per heavy atom. The highest BCUT2D eigenvalue weighted by molar-refractivity contribution is 6.01. The molecule has 8 rings (SSSR count). The minimum atomic E-state index is -4.43. The van der Waals surface area contributed by atoms with E-state index in [0.29, 0.717) is 66.9 Å². The van der Waals surface area contributed by atoms with E-state index in [2.05, 4.69) is 0 Å². The van der Waals surface area contributed by atoms with Gasteiger partial charge in [-0.3, -0.25) is 9.59 Å². The third kappa shape index (κ3) is 8.67. The first-order chi connectivity index (χ1) is 26.4. The second-order valence-electron chi connectivity index (χ2n) is 13.7. The maximum absolute atomic E-state index is 13.4. The maximum Gasteiger partial charge on any atom is 0.417 e. The Balaban J connectivity index is 0.000000159. The van der Waals surface area contributed by atoms with Gasteiger partial charge in [-0.1, -0.05) is 42.5 Å². The van der Waals surface area contributed by atoms with Crippen molar-refractivity contribution in [1.82, 2.24) is 0 Å². The van der Waals surface area contributed by atoms with Gasteiger partial charge >= 0.3 is 24.5 Å². The Kier molecular flexibility index (Phi) is 11.5. The van der Waals surface area contributed by atoms with Crippen LogP contribution in [0, 0.1) is 0 Å². The van der Waals surface area contributed by atoms with Crippen LogP contribution < -0.4 is 9.47 Å². The van der Waals surface area contributed by atoms with Gasteiger partial charge < -0.3 is 19.3 Å². The molecule has 4 aliphatic rings. The molecule has 1 heterocycles. The second kappa shape index (κ2) is 15.8. The van der Waals surface area contributed by atoms with Gasteiger partial charge in [-0.2, -0.15) is 39.5 Å². The lowest BCUT2D eigenvalue weighted by atomic mass is 9.98. The van der Waals surface area contributed by atoms with Gasteiger partial charge in [0, 0.05) is 35.1 Å². The number of carbonyl (C=O) groups is 2. The molecule has 4 aromatic carbocycles.